The lowest BCUT2D eigenvalue weighted by atomic mass is 9.90. The van der Waals surface area contributed by atoms with Gasteiger partial charge in [0.05, 0.1) is 20.8 Å². The molecule has 0 atom stereocenters. The molecule has 2 heterocycles. The van der Waals surface area contributed by atoms with Gasteiger partial charge in [-0.1, -0.05) is 24.3 Å². The fraction of sp³-hybridized carbons (Fsp3) is 0.458. The van der Waals surface area contributed by atoms with Gasteiger partial charge in [-0.3, -0.25) is 9.69 Å². The van der Waals surface area contributed by atoms with E-state index in [4.69, 9.17) is 14.2 Å². The molecule has 0 N–H and O–H groups in total. The maximum Gasteiger partial charge on any atom is 0.219 e. The summed E-state index contributed by atoms with van der Waals surface area (Å²) in [4.78, 5) is 16.6. The number of carbonyl (C=O) groups is 1. The van der Waals surface area contributed by atoms with Gasteiger partial charge in [0.25, 0.3) is 0 Å². The number of nitrogens with zero attached hydrogens (tertiary/aromatic N) is 2. The van der Waals surface area contributed by atoms with Crippen molar-refractivity contribution in [2.24, 2.45) is 0 Å². The largest absolute Gasteiger partial charge is 0.497 e. The Kier molecular flexibility index (Phi) is 5.86. The average Bonchev–Trinajstić information content (AvgIpc) is 2.92. The third kappa shape index (κ3) is 4.24. The van der Waals surface area contributed by atoms with Gasteiger partial charge in [0.1, 0.15) is 22.8 Å². The summed E-state index contributed by atoms with van der Waals surface area (Å²) in [5.41, 5.74) is 1.89. The van der Waals surface area contributed by atoms with E-state index in [0.717, 1.165) is 60.9 Å². The summed E-state index contributed by atoms with van der Waals surface area (Å²) < 4.78 is 17.4. The Labute approximate surface area is 178 Å². The predicted octanol–water partition coefficient (Wildman–Crippen LogP) is 3.48. The molecular weight excluding hydrogens is 380 g/mol. The van der Waals surface area contributed by atoms with Crippen LogP contribution in [0.4, 0.5) is 0 Å². The highest BCUT2D eigenvalue weighted by atomic mass is 16.5. The highest BCUT2D eigenvalue weighted by molar-refractivity contribution is 5.73. The number of fused-ring (bicyclic) bond motifs is 1. The summed E-state index contributed by atoms with van der Waals surface area (Å²) in [6.07, 6.45) is 1.76. The Balaban J connectivity index is 1.48. The highest BCUT2D eigenvalue weighted by Gasteiger charge is 2.41. The van der Waals surface area contributed by atoms with Crippen molar-refractivity contribution in [1.82, 2.24) is 9.80 Å². The normalized spacial score (nSPS) is 18.3. The van der Waals surface area contributed by atoms with Gasteiger partial charge < -0.3 is 19.1 Å². The molecule has 2 aromatic rings. The molecule has 6 heteroatoms. The van der Waals surface area contributed by atoms with Gasteiger partial charge in [0, 0.05) is 63.1 Å². The minimum Gasteiger partial charge on any atom is -0.497 e. The molecule has 30 heavy (non-hydrogen) atoms. The molecule has 2 aliphatic rings. The molecule has 2 aliphatic heterocycles. The summed E-state index contributed by atoms with van der Waals surface area (Å²) >= 11 is 0. The quantitative estimate of drug-likeness (QED) is 0.773. The van der Waals surface area contributed by atoms with E-state index in [1.54, 1.807) is 21.1 Å². The summed E-state index contributed by atoms with van der Waals surface area (Å²) in [6, 6.07) is 14.0. The van der Waals surface area contributed by atoms with Gasteiger partial charge in [0.2, 0.25) is 5.91 Å². The number of carbonyl (C=O) groups excluding carboxylic acids is 1. The van der Waals surface area contributed by atoms with E-state index in [9.17, 15) is 4.79 Å². The standard InChI is InChI=1S/C24H30N2O4/c1-18(27)26-16-19-6-4-5-7-22(19)30-24(17-26)10-12-25(13-11-24)15-20-8-9-21(28-2)14-23(20)29-3/h4-9,14H,10-13,15-17H2,1-3H3. The molecule has 6 nitrogen and oxygen atoms in total. The molecule has 160 valence electrons. The van der Waals surface area contributed by atoms with Crippen LogP contribution in [0.1, 0.15) is 30.9 Å². The minimum atomic E-state index is -0.335. The molecule has 0 bridgehead atoms. The van der Waals surface area contributed by atoms with Crippen molar-refractivity contribution in [3.63, 3.8) is 0 Å². The van der Waals surface area contributed by atoms with Crippen molar-refractivity contribution >= 4 is 5.91 Å². The van der Waals surface area contributed by atoms with Crippen LogP contribution < -0.4 is 14.2 Å². The highest BCUT2D eigenvalue weighted by Crippen LogP contribution is 2.36. The third-order valence-electron chi connectivity index (χ3n) is 6.24. The molecule has 1 amide bonds. The number of likely N-dealkylation sites (tertiary alicyclic amines) is 1. The molecule has 0 saturated carbocycles. The van der Waals surface area contributed by atoms with Crippen LogP contribution in [0.25, 0.3) is 0 Å². The molecule has 0 aromatic heterocycles. The Morgan fingerprint density at radius 2 is 1.87 bits per heavy atom. The number of para-hydroxylation sites is 1. The van der Waals surface area contributed by atoms with Gasteiger partial charge in [-0.15, -0.1) is 0 Å². The number of amides is 1. The van der Waals surface area contributed by atoms with Gasteiger partial charge in [-0.05, 0) is 12.1 Å². The predicted molar refractivity (Wildman–Crippen MR) is 115 cm³/mol. The van der Waals surface area contributed by atoms with Crippen LogP contribution in [0, 0.1) is 0 Å². The van der Waals surface area contributed by atoms with Crippen molar-refractivity contribution in [2.45, 2.75) is 38.5 Å². The molecular formula is C24H30N2O4. The van der Waals surface area contributed by atoms with Crippen LogP contribution >= 0.6 is 0 Å². The monoisotopic (exact) mass is 410 g/mol. The zero-order valence-corrected chi connectivity index (χ0v) is 18.0. The second kappa shape index (κ2) is 8.56. The lowest BCUT2D eigenvalue weighted by Crippen LogP contribution is -2.53. The SMILES string of the molecule is COc1ccc(CN2CCC3(CC2)CN(C(C)=O)Cc2ccccc2O3)c(OC)c1. The number of rotatable bonds is 4. The molecule has 0 aliphatic carbocycles. The Morgan fingerprint density at radius 1 is 1.10 bits per heavy atom. The Bertz CT molecular complexity index is 906. The molecule has 0 unspecified atom stereocenters. The zero-order valence-electron chi connectivity index (χ0n) is 18.0. The third-order valence-corrected chi connectivity index (χ3v) is 6.24. The summed E-state index contributed by atoms with van der Waals surface area (Å²) in [6.45, 7) is 5.52. The van der Waals surface area contributed by atoms with Gasteiger partial charge in [0.15, 0.2) is 0 Å². The first-order valence-electron chi connectivity index (χ1n) is 10.5. The molecule has 4 rings (SSSR count). The van der Waals surface area contributed by atoms with Gasteiger partial charge >= 0.3 is 0 Å². The van der Waals surface area contributed by atoms with Crippen LogP contribution in [0.15, 0.2) is 42.5 Å². The molecule has 1 spiro atoms. The first kappa shape index (κ1) is 20.5. The van der Waals surface area contributed by atoms with E-state index < -0.39 is 0 Å². The molecule has 1 saturated heterocycles. The first-order chi connectivity index (χ1) is 14.5. The topological polar surface area (TPSA) is 51.2 Å². The van der Waals surface area contributed by atoms with E-state index in [2.05, 4.69) is 17.0 Å². The van der Waals surface area contributed by atoms with Crippen molar-refractivity contribution in [2.75, 3.05) is 33.9 Å². The Hall–Kier alpha value is -2.73. The second-order valence-electron chi connectivity index (χ2n) is 8.22. The van der Waals surface area contributed by atoms with Crippen LogP contribution in [0.2, 0.25) is 0 Å². The first-order valence-corrected chi connectivity index (χ1v) is 10.5. The van der Waals surface area contributed by atoms with E-state index in [1.165, 1.54) is 0 Å². The number of benzene rings is 2. The molecule has 1 fully saturated rings. The number of methoxy groups -OCH3 is 2. The van der Waals surface area contributed by atoms with Gasteiger partial charge in [-0.25, -0.2) is 0 Å². The van der Waals surface area contributed by atoms with E-state index in [-0.39, 0.29) is 11.5 Å². The molecule has 2 aromatic carbocycles. The fourth-order valence-electron chi connectivity index (χ4n) is 4.43. The van der Waals surface area contributed by atoms with Crippen LogP contribution in [-0.4, -0.2) is 55.2 Å². The lowest BCUT2D eigenvalue weighted by molar-refractivity contribution is -0.132. The smallest absolute Gasteiger partial charge is 0.219 e. The van der Waals surface area contributed by atoms with Crippen LogP contribution in [0.3, 0.4) is 0 Å². The average molecular weight is 411 g/mol. The zero-order chi connectivity index (χ0) is 21.1. The van der Waals surface area contributed by atoms with Crippen molar-refractivity contribution in [3.8, 4) is 17.2 Å². The minimum absolute atomic E-state index is 0.0973. The van der Waals surface area contributed by atoms with Crippen molar-refractivity contribution < 1.29 is 19.0 Å². The summed E-state index contributed by atoms with van der Waals surface area (Å²) in [7, 11) is 3.35. The lowest BCUT2D eigenvalue weighted by Gasteiger charge is -2.42. The molecule has 0 radical (unpaired) electrons. The van der Waals surface area contributed by atoms with E-state index >= 15 is 0 Å². The fourth-order valence-corrected chi connectivity index (χ4v) is 4.43. The van der Waals surface area contributed by atoms with Crippen LogP contribution in [-0.2, 0) is 17.9 Å². The van der Waals surface area contributed by atoms with Crippen molar-refractivity contribution in [3.05, 3.63) is 53.6 Å². The van der Waals surface area contributed by atoms with E-state index in [1.807, 2.05) is 35.2 Å². The number of ether oxygens (including phenoxy) is 3. The maximum atomic E-state index is 12.3. The van der Waals surface area contributed by atoms with Crippen molar-refractivity contribution in [1.29, 1.82) is 0 Å². The number of piperidine rings is 1. The van der Waals surface area contributed by atoms with Crippen LogP contribution in [0.5, 0.6) is 17.2 Å². The second-order valence-corrected chi connectivity index (χ2v) is 8.22. The maximum absolute atomic E-state index is 12.3. The number of hydrogen-bond donors (Lipinski definition) is 0. The number of hydrogen-bond acceptors (Lipinski definition) is 5. The summed E-state index contributed by atoms with van der Waals surface area (Å²) in [5.74, 6) is 2.65. The summed E-state index contributed by atoms with van der Waals surface area (Å²) in [5, 5.41) is 0. The van der Waals surface area contributed by atoms with Gasteiger partial charge in [-0.2, -0.15) is 0 Å². The Morgan fingerprint density at radius 3 is 2.57 bits per heavy atom. The van der Waals surface area contributed by atoms with E-state index in [0.29, 0.717) is 13.1 Å².